The molecule has 156 valence electrons. The molecule has 0 aliphatic carbocycles. The monoisotopic (exact) mass is 426 g/mol. The minimum Gasteiger partial charge on any atom is -0.486 e. The number of amides is 1. The highest BCUT2D eigenvalue weighted by Gasteiger charge is 2.30. The molecule has 0 radical (unpaired) electrons. The number of benzene rings is 1. The van der Waals surface area contributed by atoms with E-state index in [1.165, 1.54) is 6.07 Å². The van der Waals surface area contributed by atoms with Crippen molar-refractivity contribution >= 4 is 17.7 Å². The van der Waals surface area contributed by atoms with Gasteiger partial charge in [0.15, 0.2) is 11.5 Å². The summed E-state index contributed by atoms with van der Waals surface area (Å²) in [6, 6.07) is 7.57. The molecule has 1 N–H and O–H groups in total. The highest BCUT2D eigenvalue weighted by molar-refractivity contribution is 7.99. The average Bonchev–Trinajstić information content (AvgIpc) is 2.69. The van der Waals surface area contributed by atoms with Crippen LogP contribution in [0.3, 0.4) is 0 Å². The third kappa shape index (κ3) is 5.56. The number of rotatable bonds is 6. The molecule has 0 spiro atoms. The van der Waals surface area contributed by atoms with E-state index in [0.717, 1.165) is 29.6 Å². The van der Waals surface area contributed by atoms with Gasteiger partial charge < -0.3 is 14.8 Å². The number of carbonyl (C=O) groups excluding carboxylic acids is 1. The summed E-state index contributed by atoms with van der Waals surface area (Å²) in [5.41, 5.74) is 0.0834. The minimum absolute atomic E-state index is 0.0478. The summed E-state index contributed by atoms with van der Waals surface area (Å²) in [5, 5.41) is 3.34. The quantitative estimate of drug-likeness (QED) is 0.691. The Morgan fingerprint density at radius 1 is 1.17 bits per heavy atom. The number of hydrogen-bond donors (Lipinski definition) is 1. The number of thioether (sulfide) groups is 1. The molecule has 0 fully saturated rings. The van der Waals surface area contributed by atoms with Gasteiger partial charge in [-0.3, -0.25) is 4.79 Å². The average molecular weight is 426 g/mol. The molecular weight excluding hydrogens is 405 g/mol. The van der Waals surface area contributed by atoms with E-state index in [4.69, 9.17) is 9.47 Å². The molecule has 2 heterocycles. The van der Waals surface area contributed by atoms with Crippen LogP contribution in [0.25, 0.3) is 0 Å². The van der Waals surface area contributed by atoms with Crippen LogP contribution in [0.2, 0.25) is 0 Å². The number of hydrogen-bond acceptors (Lipinski definition) is 5. The van der Waals surface area contributed by atoms with Crippen molar-refractivity contribution in [2.24, 2.45) is 5.92 Å². The summed E-state index contributed by atoms with van der Waals surface area (Å²) in [6.45, 7) is 4.97. The third-order valence-corrected chi connectivity index (χ3v) is 5.27. The molecule has 1 aliphatic rings. The molecule has 1 amide bonds. The summed E-state index contributed by atoms with van der Waals surface area (Å²) >= 11 is 1.08. The van der Waals surface area contributed by atoms with E-state index < -0.39 is 11.7 Å². The standard InChI is InChI=1S/C20H21F3N2O3S/c1-12(2)19(13-3-5-15-16(9-13)28-8-7-27-15)25-17(26)11-29-18-6-4-14(10-24-18)20(21,22)23/h3-6,9-10,12,19H,7-8,11H2,1-2H3,(H,25,26). The molecule has 0 saturated heterocycles. The summed E-state index contributed by atoms with van der Waals surface area (Å²) < 4.78 is 48.9. The second-order valence-corrected chi connectivity index (χ2v) is 7.86. The maximum absolute atomic E-state index is 12.6. The van der Waals surface area contributed by atoms with Crippen LogP contribution in [0, 0.1) is 5.92 Å². The van der Waals surface area contributed by atoms with E-state index in [-0.39, 0.29) is 23.6 Å². The van der Waals surface area contributed by atoms with Crippen LogP contribution in [0.4, 0.5) is 13.2 Å². The SMILES string of the molecule is CC(C)C(NC(=O)CSc1ccc(C(F)(F)F)cn1)c1ccc2c(c1)OCCO2. The van der Waals surface area contributed by atoms with E-state index in [1.54, 1.807) is 0 Å². The first-order chi connectivity index (χ1) is 13.7. The van der Waals surface area contributed by atoms with Crippen molar-refractivity contribution in [3.05, 3.63) is 47.7 Å². The van der Waals surface area contributed by atoms with Crippen molar-refractivity contribution in [2.45, 2.75) is 31.1 Å². The van der Waals surface area contributed by atoms with Crippen LogP contribution in [0.15, 0.2) is 41.6 Å². The van der Waals surface area contributed by atoms with Gasteiger partial charge in [0, 0.05) is 6.20 Å². The van der Waals surface area contributed by atoms with Gasteiger partial charge in [-0.1, -0.05) is 31.7 Å². The number of nitrogens with one attached hydrogen (secondary N) is 1. The van der Waals surface area contributed by atoms with Crippen molar-refractivity contribution in [3.63, 3.8) is 0 Å². The lowest BCUT2D eigenvalue weighted by Gasteiger charge is -2.25. The van der Waals surface area contributed by atoms with Crippen molar-refractivity contribution < 1.29 is 27.4 Å². The lowest BCUT2D eigenvalue weighted by molar-refractivity contribution is -0.137. The Morgan fingerprint density at radius 2 is 1.90 bits per heavy atom. The Balaban J connectivity index is 1.61. The molecule has 0 saturated carbocycles. The molecule has 1 atom stereocenters. The van der Waals surface area contributed by atoms with Gasteiger partial charge >= 0.3 is 6.18 Å². The minimum atomic E-state index is -4.43. The lowest BCUT2D eigenvalue weighted by Crippen LogP contribution is -2.33. The zero-order valence-electron chi connectivity index (χ0n) is 16.0. The molecule has 1 aromatic carbocycles. The molecule has 1 aromatic heterocycles. The Hall–Kier alpha value is -2.42. The van der Waals surface area contributed by atoms with E-state index in [1.807, 2.05) is 32.0 Å². The molecule has 1 aliphatic heterocycles. The van der Waals surface area contributed by atoms with Gasteiger partial charge in [0.1, 0.15) is 13.2 Å². The zero-order chi connectivity index (χ0) is 21.0. The fourth-order valence-electron chi connectivity index (χ4n) is 2.88. The van der Waals surface area contributed by atoms with Crippen molar-refractivity contribution in [1.82, 2.24) is 10.3 Å². The molecule has 1 unspecified atom stereocenters. The molecule has 3 rings (SSSR count). The largest absolute Gasteiger partial charge is 0.486 e. The predicted molar refractivity (Wildman–Crippen MR) is 103 cm³/mol. The number of halogens is 3. The first kappa shape index (κ1) is 21.3. The topological polar surface area (TPSA) is 60.5 Å². The van der Waals surface area contributed by atoms with Gasteiger partial charge in [-0.25, -0.2) is 4.98 Å². The van der Waals surface area contributed by atoms with Gasteiger partial charge in [-0.15, -0.1) is 0 Å². The predicted octanol–water partition coefficient (Wildman–Crippen LogP) is 4.48. The number of carbonyl (C=O) groups is 1. The molecule has 2 aromatic rings. The fourth-order valence-corrected chi connectivity index (χ4v) is 3.53. The second kappa shape index (κ2) is 8.94. The van der Waals surface area contributed by atoms with Crippen LogP contribution in [-0.4, -0.2) is 29.9 Å². The summed E-state index contributed by atoms with van der Waals surface area (Å²) in [6.07, 6.45) is -3.66. The third-order valence-electron chi connectivity index (χ3n) is 4.32. The molecule has 0 bridgehead atoms. The smallest absolute Gasteiger partial charge is 0.417 e. The Morgan fingerprint density at radius 3 is 2.52 bits per heavy atom. The summed E-state index contributed by atoms with van der Waals surface area (Å²) in [5.74, 6) is 1.27. The number of fused-ring (bicyclic) bond motifs is 1. The summed E-state index contributed by atoms with van der Waals surface area (Å²) in [4.78, 5) is 16.2. The first-order valence-electron chi connectivity index (χ1n) is 9.09. The maximum atomic E-state index is 12.6. The summed E-state index contributed by atoms with van der Waals surface area (Å²) in [7, 11) is 0. The number of alkyl halides is 3. The van der Waals surface area contributed by atoms with E-state index >= 15 is 0 Å². The normalized spacial score (nSPS) is 14.6. The molecule has 29 heavy (non-hydrogen) atoms. The van der Waals surface area contributed by atoms with Gasteiger partial charge in [0.05, 0.1) is 22.4 Å². The number of aromatic nitrogens is 1. The maximum Gasteiger partial charge on any atom is 0.417 e. The zero-order valence-corrected chi connectivity index (χ0v) is 16.8. The van der Waals surface area contributed by atoms with E-state index in [9.17, 15) is 18.0 Å². The van der Waals surface area contributed by atoms with Crippen LogP contribution in [0.5, 0.6) is 11.5 Å². The second-order valence-electron chi connectivity index (χ2n) is 6.86. The van der Waals surface area contributed by atoms with Gasteiger partial charge in [0.2, 0.25) is 5.91 Å². The molecule has 9 heteroatoms. The van der Waals surface area contributed by atoms with Crippen LogP contribution < -0.4 is 14.8 Å². The Kier molecular flexibility index (Phi) is 6.56. The van der Waals surface area contributed by atoms with Crippen molar-refractivity contribution in [2.75, 3.05) is 19.0 Å². The lowest BCUT2D eigenvalue weighted by atomic mass is 9.95. The fraction of sp³-hybridized carbons (Fsp3) is 0.400. The van der Waals surface area contributed by atoms with Crippen LogP contribution in [0.1, 0.15) is 31.0 Å². The van der Waals surface area contributed by atoms with Crippen LogP contribution >= 0.6 is 11.8 Å². The highest BCUT2D eigenvalue weighted by atomic mass is 32.2. The Bertz CT molecular complexity index is 857. The van der Waals surface area contributed by atoms with Crippen LogP contribution in [-0.2, 0) is 11.0 Å². The number of nitrogens with zero attached hydrogens (tertiary/aromatic N) is 1. The molecule has 5 nitrogen and oxygen atoms in total. The van der Waals surface area contributed by atoms with Crippen molar-refractivity contribution in [1.29, 1.82) is 0 Å². The molecular formula is C20H21F3N2O3S. The number of ether oxygens (including phenoxy) is 2. The van der Waals surface area contributed by atoms with Crippen molar-refractivity contribution in [3.8, 4) is 11.5 Å². The van der Waals surface area contributed by atoms with Gasteiger partial charge in [0.25, 0.3) is 0 Å². The van der Waals surface area contributed by atoms with Gasteiger partial charge in [-0.2, -0.15) is 13.2 Å². The number of pyridine rings is 1. The van der Waals surface area contributed by atoms with Gasteiger partial charge in [-0.05, 0) is 35.7 Å². The highest BCUT2D eigenvalue weighted by Crippen LogP contribution is 2.34. The first-order valence-corrected chi connectivity index (χ1v) is 10.1. The van der Waals surface area contributed by atoms with E-state index in [0.29, 0.717) is 29.7 Å². The Labute approximate surface area is 171 Å². The van der Waals surface area contributed by atoms with E-state index in [2.05, 4.69) is 10.3 Å².